The van der Waals surface area contributed by atoms with Crippen molar-refractivity contribution in [3.63, 3.8) is 0 Å². The third kappa shape index (κ3) is 6.49. The molecule has 0 aromatic carbocycles. The Morgan fingerprint density at radius 3 is 2.71 bits per heavy atom. The molecule has 80 valence electrons. The molecule has 0 saturated heterocycles. The molecule has 0 fully saturated rings. The first kappa shape index (κ1) is 13.0. The number of allylic oxidation sites excluding steroid dienone is 4. The normalized spacial score (nSPS) is 14.4. The van der Waals surface area contributed by atoms with Gasteiger partial charge in [-0.25, -0.2) is 0 Å². The molecule has 0 heterocycles. The largest absolute Gasteiger partial charge is 0.492 e. The van der Waals surface area contributed by atoms with Gasteiger partial charge in [-0.15, -0.1) is 0 Å². The molecule has 0 saturated carbocycles. The van der Waals surface area contributed by atoms with E-state index in [1.807, 2.05) is 26.0 Å². The quantitative estimate of drug-likeness (QED) is 0.522. The molecule has 1 unspecified atom stereocenters. The summed E-state index contributed by atoms with van der Waals surface area (Å²) in [6.07, 6.45) is 7.13. The first-order chi connectivity index (χ1) is 6.57. The van der Waals surface area contributed by atoms with Crippen LogP contribution in [-0.2, 0) is 4.74 Å². The topological polar surface area (TPSA) is 35.2 Å². The summed E-state index contributed by atoms with van der Waals surface area (Å²) in [5, 5.41) is 0. The zero-order valence-electron chi connectivity index (χ0n) is 9.42. The molecule has 0 bridgehead atoms. The molecule has 0 aliphatic rings. The fraction of sp³-hybridized carbons (Fsp3) is 0.500. The highest BCUT2D eigenvalue weighted by Gasteiger charge is 1.98. The maximum atomic E-state index is 5.56. The summed E-state index contributed by atoms with van der Waals surface area (Å²) < 4.78 is 5.37. The van der Waals surface area contributed by atoms with Crippen LogP contribution in [-0.4, -0.2) is 12.6 Å². The number of hydrogen-bond acceptors (Lipinski definition) is 2. The van der Waals surface area contributed by atoms with E-state index < -0.39 is 0 Å². The van der Waals surface area contributed by atoms with E-state index in [2.05, 4.69) is 19.6 Å². The van der Waals surface area contributed by atoms with Gasteiger partial charge in [0.05, 0.1) is 0 Å². The first-order valence-corrected chi connectivity index (χ1v) is 4.99. The van der Waals surface area contributed by atoms with Crippen LogP contribution in [0.15, 0.2) is 36.1 Å². The van der Waals surface area contributed by atoms with E-state index in [-0.39, 0.29) is 6.04 Å². The van der Waals surface area contributed by atoms with Crippen LogP contribution in [0, 0.1) is 0 Å². The highest BCUT2D eigenvalue weighted by atomic mass is 16.5. The van der Waals surface area contributed by atoms with Gasteiger partial charge in [0.25, 0.3) is 0 Å². The molecular weight excluding hydrogens is 174 g/mol. The van der Waals surface area contributed by atoms with Gasteiger partial charge >= 0.3 is 0 Å². The molecule has 0 aliphatic carbocycles. The number of rotatable bonds is 6. The Labute approximate surface area is 87.1 Å². The molecule has 0 aromatic heterocycles. The molecule has 1 atom stereocenters. The van der Waals surface area contributed by atoms with Gasteiger partial charge in [-0.1, -0.05) is 31.7 Å². The first-order valence-electron chi connectivity index (χ1n) is 4.99. The van der Waals surface area contributed by atoms with Gasteiger partial charge in [0.1, 0.15) is 12.4 Å². The highest BCUT2D eigenvalue weighted by molar-refractivity contribution is 5.25. The minimum Gasteiger partial charge on any atom is -0.492 e. The number of hydrogen-bond donors (Lipinski definition) is 1. The maximum absolute atomic E-state index is 5.56. The molecule has 2 nitrogen and oxygen atoms in total. The summed E-state index contributed by atoms with van der Waals surface area (Å²) >= 11 is 0. The van der Waals surface area contributed by atoms with Gasteiger partial charge in [-0.05, 0) is 25.8 Å². The van der Waals surface area contributed by atoms with Crippen LogP contribution in [0.25, 0.3) is 0 Å². The van der Waals surface area contributed by atoms with E-state index in [4.69, 9.17) is 10.5 Å². The Hall–Kier alpha value is -1.02. The van der Waals surface area contributed by atoms with Gasteiger partial charge in [0.2, 0.25) is 0 Å². The third-order valence-electron chi connectivity index (χ3n) is 1.68. The Bertz CT molecular complexity index is 226. The van der Waals surface area contributed by atoms with E-state index in [9.17, 15) is 0 Å². The van der Waals surface area contributed by atoms with E-state index in [0.717, 1.165) is 12.0 Å². The van der Waals surface area contributed by atoms with Gasteiger partial charge in [0.15, 0.2) is 0 Å². The second kappa shape index (κ2) is 7.39. The van der Waals surface area contributed by atoms with Crippen molar-refractivity contribution in [3.8, 4) is 0 Å². The fourth-order valence-electron chi connectivity index (χ4n) is 0.787. The summed E-state index contributed by atoms with van der Waals surface area (Å²) in [5.41, 5.74) is 6.60. The maximum Gasteiger partial charge on any atom is 0.115 e. The van der Waals surface area contributed by atoms with E-state index in [1.54, 1.807) is 0 Å². The van der Waals surface area contributed by atoms with Crippen LogP contribution in [0.1, 0.15) is 27.2 Å². The van der Waals surface area contributed by atoms with Crippen molar-refractivity contribution in [3.05, 3.63) is 36.1 Å². The lowest BCUT2D eigenvalue weighted by Crippen LogP contribution is -2.21. The average molecular weight is 195 g/mol. The highest BCUT2D eigenvalue weighted by Crippen LogP contribution is 2.08. The molecule has 2 heteroatoms. The summed E-state index contributed by atoms with van der Waals surface area (Å²) in [6.45, 7) is 10.3. The van der Waals surface area contributed by atoms with E-state index in [0.29, 0.717) is 12.4 Å². The number of ether oxygens (including phenoxy) is 1. The molecule has 0 rings (SSSR count). The summed E-state index contributed by atoms with van der Waals surface area (Å²) in [7, 11) is 0. The van der Waals surface area contributed by atoms with Crippen molar-refractivity contribution in [1.29, 1.82) is 0 Å². The monoisotopic (exact) mass is 195 g/mol. The van der Waals surface area contributed by atoms with Gasteiger partial charge in [-0.3, -0.25) is 0 Å². The van der Waals surface area contributed by atoms with Gasteiger partial charge in [0, 0.05) is 6.04 Å². The molecule has 0 aliphatic heterocycles. The number of nitrogens with two attached hydrogens (primary N) is 1. The van der Waals surface area contributed by atoms with Crippen molar-refractivity contribution in [2.45, 2.75) is 33.2 Å². The Kier molecular flexibility index (Phi) is 6.85. The van der Waals surface area contributed by atoms with Crippen LogP contribution in [0.4, 0.5) is 0 Å². The smallest absolute Gasteiger partial charge is 0.115 e. The minimum absolute atomic E-state index is 0.0470. The summed E-state index contributed by atoms with van der Waals surface area (Å²) in [5.74, 6) is 0.697. The third-order valence-corrected chi connectivity index (χ3v) is 1.68. The van der Waals surface area contributed by atoms with Crippen molar-refractivity contribution in [2.24, 2.45) is 5.73 Å². The zero-order valence-corrected chi connectivity index (χ0v) is 9.42. The van der Waals surface area contributed by atoms with Crippen molar-refractivity contribution < 1.29 is 4.74 Å². The summed E-state index contributed by atoms with van der Waals surface area (Å²) in [6, 6.07) is 0.0470. The van der Waals surface area contributed by atoms with Crippen LogP contribution >= 0.6 is 0 Å². The SMILES string of the molecule is C=C(OCC(C)N)/C(C)=C\C=C/CC. The molecular formula is C12H21NO. The molecule has 2 N–H and O–H groups in total. The zero-order chi connectivity index (χ0) is 11.0. The van der Waals surface area contributed by atoms with Crippen molar-refractivity contribution in [2.75, 3.05) is 6.61 Å². The predicted octanol–water partition coefficient (Wildman–Crippen LogP) is 2.78. The average Bonchev–Trinajstić information content (AvgIpc) is 2.14. The molecule has 14 heavy (non-hydrogen) atoms. The van der Waals surface area contributed by atoms with E-state index in [1.165, 1.54) is 0 Å². The van der Waals surface area contributed by atoms with Crippen molar-refractivity contribution >= 4 is 0 Å². The lowest BCUT2D eigenvalue weighted by Gasteiger charge is -2.10. The van der Waals surface area contributed by atoms with Crippen LogP contribution < -0.4 is 5.73 Å². The Morgan fingerprint density at radius 1 is 1.57 bits per heavy atom. The van der Waals surface area contributed by atoms with Gasteiger partial charge in [-0.2, -0.15) is 0 Å². The van der Waals surface area contributed by atoms with E-state index >= 15 is 0 Å². The predicted molar refractivity (Wildman–Crippen MR) is 61.9 cm³/mol. The molecule has 0 amide bonds. The van der Waals surface area contributed by atoms with Gasteiger partial charge < -0.3 is 10.5 Å². The Balaban J connectivity index is 3.98. The molecule has 0 aromatic rings. The Morgan fingerprint density at radius 2 is 2.21 bits per heavy atom. The second-order valence-corrected chi connectivity index (χ2v) is 3.40. The second-order valence-electron chi connectivity index (χ2n) is 3.40. The summed E-state index contributed by atoms with van der Waals surface area (Å²) in [4.78, 5) is 0. The van der Waals surface area contributed by atoms with Crippen LogP contribution in [0.5, 0.6) is 0 Å². The fourth-order valence-corrected chi connectivity index (χ4v) is 0.787. The molecule has 0 radical (unpaired) electrons. The standard InChI is InChI=1S/C12H21NO/c1-5-6-7-8-10(2)12(4)14-9-11(3)13/h6-8,11H,4-5,9,13H2,1-3H3/b7-6-,10-8-. The molecule has 0 spiro atoms. The lowest BCUT2D eigenvalue weighted by molar-refractivity contribution is 0.207. The lowest BCUT2D eigenvalue weighted by atomic mass is 10.2. The van der Waals surface area contributed by atoms with Crippen LogP contribution in [0.3, 0.4) is 0 Å². The minimum atomic E-state index is 0.0470. The van der Waals surface area contributed by atoms with Crippen molar-refractivity contribution in [1.82, 2.24) is 0 Å². The van der Waals surface area contributed by atoms with Crippen LogP contribution in [0.2, 0.25) is 0 Å².